The summed E-state index contributed by atoms with van der Waals surface area (Å²) in [5.74, 6) is 3.58. The number of ketones is 1. The van der Waals surface area contributed by atoms with E-state index in [1.165, 1.54) is 54.7 Å². The second-order valence-electron chi connectivity index (χ2n) is 6.95. The Kier molecular flexibility index (Phi) is 12.6. The number of carbonyl (C=O) groups is 1. The maximum atomic E-state index is 12.3. The fourth-order valence-corrected chi connectivity index (χ4v) is 4.86. The molecule has 0 aromatic heterocycles. The molecule has 148 valence electrons. The third-order valence-electron chi connectivity index (χ3n) is 4.27. The molecule has 27 heavy (non-hydrogen) atoms. The number of rotatable bonds is 5. The zero-order chi connectivity index (χ0) is 19.9. The zero-order valence-electron chi connectivity index (χ0n) is 17.7. The maximum absolute atomic E-state index is 12.3. The van der Waals surface area contributed by atoms with Crippen molar-refractivity contribution in [2.75, 3.05) is 17.3 Å². The van der Waals surface area contributed by atoms with Crippen molar-refractivity contribution in [1.29, 1.82) is 0 Å². The largest absolute Gasteiger partial charge is 0.289 e. The van der Waals surface area contributed by atoms with E-state index in [0.29, 0.717) is 16.7 Å². The Labute approximate surface area is 169 Å². The van der Waals surface area contributed by atoms with Crippen LogP contribution < -0.4 is 0 Å². The molecule has 2 aromatic rings. The Balaban J connectivity index is 0.000000453. The summed E-state index contributed by atoms with van der Waals surface area (Å²) in [5.41, 5.74) is 3.23. The number of benzene rings is 2. The lowest BCUT2D eigenvalue weighted by Gasteiger charge is -2.04. The van der Waals surface area contributed by atoms with Crippen LogP contribution in [0, 0.1) is 0 Å². The molecule has 1 fully saturated rings. The highest BCUT2D eigenvalue weighted by Gasteiger charge is 2.27. The molecule has 0 spiro atoms. The predicted octanol–water partition coefficient (Wildman–Crippen LogP) is 7.17. The number of unbranched alkanes of at least 4 members (excludes halogenated alkanes) is 1. The van der Waals surface area contributed by atoms with Crippen LogP contribution in [0.1, 0.15) is 70.2 Å². The molecule has 0 unspecified atom stereocenters. The van der Waals surface area contributed by atoms with Crippen molar-refractivity contribution in [2.45, 2.75) is 59.8 Å². The lowest BCUT2D eigenvalue weighted by molar-refractivity contribution is 0.102. The molecule has 1 heterocycles. The van der Waals surface area contributed by atoms with Gasteiger partial charge >= 0.3 is 0 Å². The van der Waals surface area contributed by atoms with E-state index in [-0.39, 0.29) is 0 Å². The summed E-state index contributed by atoms with van der Waals surface area (Å²) in [5, 5.41) is 0. The van der Waals surface area contributed by atoms with Gasteiger partial charge in [-0.15, -0.1) is 0 Å². The van der Waals surface area contributed by atoms with Crippen molar-refractivity contribution in [3.8, 4) is 11.1 Å². The Morgan fingerprint density at radius 2 is 1.26 bits per heavy atom. The van der Waals surface area contributed by atoms with Gasteiger partial charge in [0.05, 0.1) is 0 Å². The van der Waals surface area contributed by atoms with Crippen molar-refractivity contribution in [3.63, 3.8) is 0 Å². The number of Topliss-reactive ketones (excluding diaryl/α,β-unsaturated/α-hetero) is 1. The molecule has 3 rings (SSSR count). The normalized spacial score (nSPS) is 13.2. The van der Waals surface area contributed by atoms with Gasteiger partial charge in [-0.1, -0.05) is 102 Å². The highest BCUT2D eigenvalue weighted by Crippen LogP contribution is 2.20. The maximum Gasteiger partial charge on any atom is 0.211 e. The van der Waals surface area contributed by atoms with E-state index >= 15 is 0 Å². The minimum atomic E-state index is 0.315. The van der Waals surface area contributed by atoms with Crippen LogP contribution >= 0.6 is 0 Å². The zero-order valence-corrected chi connectivity index (χ0v) is 18.5. The average Bonchev–Trinajstić information content (AvgIpc) is 3.22. The number of carbonyl (C=O) groups excluding carboxylic acids is 1. The van der Waals surface area contributed by atoms with E-state index in [9.17, 15) is 4.79 Å². The van der Waals surface area contributed by atoms with Crippen LogP contribution in [0.4, 0.5) is 0 Å². The van der Waals surface area contributed by atoms with Gasteiger partial charge in [0.2, 0.25) is 5.78 Å². The smallest absolute Gasteiger partial charge is 0.211 e. The Hall–Kier alpha value is -1.54. The molecule has 0 saturated carbocycles. The molecule has 1 aliphatic rings. The predicted molar refractivity (Wildman–Crippen MR) is 124 cm³/mol. The summed E-state index contributed by atoms with van der Waals surface area (Å²) in [6.07, 6.45) is 6.51. The average molecular weight is 386 g/mol. The lowest BCUT2D eigenvalue weighted by Crippen LogP contribution is -2.17. The highest BCUT2D eigenvalue weighted by molar-refractivity contribution is 7.97. The van der Waals surface area contributed by atoms with Crippen LogP contribution in [-0.2, 0) is 10.9 Å². The van der Waals surface area contributed by atoms with Crippen molar-refractivity contribution in [2.24, 2.45) is 0 Å². The second-order valence-corrected chi connectivity index (χ2v) is 9.28. The first-order valence-electron chi connectivity index (χ1n) is 10.5. The molecular weight excluding hydrogens is 348 g/mol. The molecule has 0 aliphatic carbocycles. The van der Waals surface area contributed by atoms with Gasteiger partial charge in [0.25, 0.3) is 0 Å². The van der Waals surface area contributed by atoms with Crippen LogP contribution in [0.25, 0.3) is 11.1 Å². The standard InChI is InChI=1S/C18H19OS.C4H10.C3H8/c19-18(14-20-12-4-5-13-20)17-10-8-16(9-11-17)15-6-2-1-3-7-15;1-3-4-2;1-3-2/h1-3,6-11H,4-5,12-14H2;3-4H2,1-2H3;3H2,1-2H3/q+1;;. The van der Waals surface area contributed by atoms with Gasteiger partial charge in [-0.3, -0.25) is 4.79 Å². The number of hydrogen-bond acceptors (Lipinski definition) is 1. The molecule has 0 bridgehead atoms. The monoisotopic (exact) mass is 385 g/mol. The molecular formula is C25H37OS+. The van der Waals surface area contributed by atoms with E-state index in [1.807, 2.05) is 30.3 Å². The molecule has 0 N–H and O–H groups in total. The van der Waals surface area contributed by atoms with Gasteiger partial charge in [-0.05, 0) is 34.9 Å². The Morgan fingerprint density at radius 3 is 1.74 bits per heavy atom. The highest BCUT2D eigenvalue weighted by atomic mass is 32.2. The van der Waals surface area contributed by atoms with Gasteiger partial charge in [-0.2, -0.15) is 0 Å². The molecule has 1 saturated heterocycles. The summed E-state index contributed by atoms with van der Waals surface area (Å²) in [6, 6.07) is 18.3. The van der Waals surface area contributed by atoms with E-state index in [4.69, 9.17) is 0 Å². The van der Waals surface area contributed by atoms with E-state index in [1.54, 1.807) is 0 Å². The topological polar surface area (TPSA) is 17.1 Å². The van der Waals surface area contributed by atoms with E-state index < -0.39 is 0 Å². The van der Waals surface area contributed by atoms with E-state index in [2.05, 4.69) is 52.0 Å². The summed E-state index contributed by atoms with van der Waals surface area (Å²) in [6.45, 7) is 8.61. The van der Waals surface area contributed by atoms with Crippen molar-refractivity contribution < 1.29 is 4.79 Å². The molecule has 0 radical (unpaired) electrons. The van der Waals surface area contributed by atoms with E-state index in [0.717, 1.165) is 11.3 Å². The first-order valence-corrected chi connectivity index (χ1v) is 12.2. The summed E-state index contributed by atoms with van der Waals surface area (Å²) < 4.78 is 0. The summed E-state index contributed by atoms with van der Waals surface area (Å²) in [7, 11) is 0.351. The quantitative estimate of drug-likeness (QED) is 0.394. The van der Waals surface area contributed by atoms with Crippen LogP contribution in [0.2, 0.25) is 0 Å². The molecule has 2 heteroatoms. The van der Waals surface area contributed by atoms with Crippen molar-refractivity contribution >= 4 is 16.7 Å². The minimum absolute atomic E-state index is 0.315. The van der Waals surface area contributed by atoms with Gasteiger partial charge in [0.1, 0.15) is 11.5 Å². The van der Waals surface area contributed by atoms with Crippen molar-refractivity contribution in [1.82, 2.24) is 0 Å². The number of hydrogen-bond donors (Lipinski definition) is 0. The van der Waals surface area contributed by atoms with Gasteiger partial charge < -0.3 is 0 Å². The molecule has 0 atom stereocenters. The fraction of sp³-hybridized carbons (Fsp3) is 0.480. The third kappa shape index (κ3) is 9.28. The minimum Gasteiger partial charge on any atom is -0.289 e. The van der Waals surface area contributed by atoms with Crippen LogP contribution in [-0.4, -0.2) is 23.0 Å². The fourth-order valence-electron chi connectivity index (χ4n) is 2.61. The lowest BCUT2D eigenvalue weighted by atomic mass is 10.0. The van der Waals surface area contributed by atoms with Crippen LogP contribution in [0.5, 0.6) is 0 Å². The van der Waals surface area contributed by atoms with Gasteiger partial charge in [0, 0.05) is 5.56 Å². The van der Waals surface area contributed by atoms with Gasteiger partial charge in [-0.25, -0.2) is 0 Å². The van der Waals surface area contributed by atoms with Crippen molar-refractivity contribution in [3.05, 3.63) is 60.2 Å². The molecule has 1 nitrogen and oxygen atoms in total. The Bertz CT molecular complexity index is 611. The SMILES string of the molecule is CCC.CCCC.O=C(C[S+]1CCCC1)c1ccc(-c2ccccc2)cc1. The summed E-state index contributed by atoms with van der Waals surface area (Å²) >= 11 is 0. The molecule has 0 amide bonds. The summed E-state index contributed by atoms with van der Waals surface area (Å²) in [4.78, 5) is 12.3. The Morgan fingerprint density at radius 1 is 0.778 bits per heavy atom. The second kappa shape index (κ2) is 14.5. The molecule has 2 aromatic carbocycles. The van der Waals surface area contributed by atoms with Crippen LogP contribution in [0.3, 0.4) is 0 Å². The molecule has 1 aliphatic heterocycles. The first-order chi connectivity index (χ1) is 13.2. The van der Waals surface area contributed by atoms with Gasteiger partial charge in [0.15, 0.2) is 5.75 Å². The first kappa shape index (κ1) is 23.5. The van der Waals surface area contributed by atoms with Crippen LogP contribution in [0.15, 0.2) is 54.6 Å². The third-order valence-corrected chi connectivity index (χ3v) is 6.67.